The van der Waals surface area contributed by atoms with Gasteiger partial charge in [-0.15, -0.1) is 8.42 Å². The first-order valence-corrected chi connectivity index (χ1v) is 5.43. The van der Waals surface area contributed by atoms with Crippen molar-refractivity contribution in [1.29, 1.82) is 0 Å². The van der Waals surface area contributed by atoms with E-state index in [0.29, 0.717) is 0 Å². The molecule has 1 heterocycles. The van der Waals surface area contributed by atoms with Crippen molar-refractivity contribution in [2.45, 2.75) is 24.4 Å². The van der Waals surface area contributed by atoms with E-state index in [1.807, 2.05) is 0 Å². The van der Waals surface area contributed by atoms with Crippen molar-refractivity contribution in [3.63, 3.8) is 0 Å². The molecule has 0 saturated carbocycles. The standard InChI is InChI=1S/C6H8O10S/c7-1-2(8)4(10)6(12)16-17(13,14)15-5(11)3(1)9/h1-4,7-10H. The Morgan fingerprint density at radius 1 is 0.824 bits per heavy atom. The molecule has 1 aliphatic heterocycles. The van der Waals surface area contributed by atoms with Crippen LogP contribution in [0.2, 0.25) is 0 Å². The second kappa shape index (κ2) is 4.54. The summed E-state index contributed by atoms with van der Waals surface area (Å²) in [6, 6.07) is 0. The van der Waals surface area contributed by atoms with Gasteiger partial charge < -0.3 is 28.8 Å². The summed E-state index contributed by atoms with van der Waals surface area (Å²) in [5, 5.41) is 36.4. The molecule has 0 aliphatic carbocycles. The normalized spacial score (nSPS) is 38.4. The number of carbonyl (C=O) groups is 2. The van der Waals surface area contributed by atoms with E-state index in [4.69, 9.17) is 20.4 Å². The molecule has 1 rings (SSSR count). The topological polar surface area (TPSA) is 168 Å². The van der Waals surface area contributed by atoms with Crippen molar-refractivity contribution < 1.29 is 46.8 Å². The van der Waals surface area contributed by atoms with E-state index in [2.05, 4.69) is 8.37 Å². The van der Waals surface area contributed by atoms with Crippen LogP contribution in [-0.2, 0) is 28.4 Å². The van der Waals surface area contributed by atoms with Crippen LogP contribution in [0.3, 0.4) is 0 Å². The summed E-state index contributed by atoms with van der Waals surface area (Å²) in [6.07, 6.45) is -9.58. The Labute approximate surface area is 94.3 Å². The molecule has 4 atom stereocenters. The molecule has 0 amide bonds. The largest absolute Gasteiger partial charge is 0.506 e. The van der Waals surface area contributed by atoms with Gasteiger partial charge in [-0.05, 0) is 0 Å². The molecule has 11 heteroatoms. The van der Waals surface area contributed by atoms with Crippen LogP contribution in [0.1, 0.15) is 0 Å². The summed E-state index contributed by atoms with van der Waals surface area (Å²) >= 11 is 0. The van der Waals surface area contributed by atoms with Gasteiger partial charge in [-0.3, -0.25) is 0 Å². The minimum absolute atomic E-state index is 1.86. The number of carbonyl (C=O) groups excluding carboxylic acids is 2. The highest BCUT2D eigenvalue weighted by Crippen LogP contribution is 2.14. The minimum Gasteiger partial charge on any atom is -0.387 e. The first kappa shape index (κ1) is 13.8. The third kappa shape index (κ3) is 2.89. The number of hydrogen-bond acceptors (Lipinski definition) is 10. The van der Waals surface area contributed by atoms with Gasteiger partial charge in [0.2, 0.25) is 0 Å². The SMILES string of the molecule is O=C1OS(=O)(=O)OC(=O)C(O)C(O)C(O)C1O. The number of rotatable bonds is 0. The van der Waals surface area contributed by atoms with Crippen molar-refractivity contribution in [2.75, 3.05) is 0 Å². The molecule has 4 unspecified atom stereocenters. The quantitative estimate of drug-likeness (QED) is 0.339. The Morgan fingerprint density at radius 2 is 1.12 bits per heavy atom. The highest BCUT2D eigenvalue weighted by Gasteiger charge is 2.44. The van der Waals surface area contributed by atoms with Gasteiger partial charge in [-0.2, -0.15) is 0 Å². The van der Waals surface area contributed by atoms with Crippen LogP contribution in [-0.4, -0.2) is 65.2 Å². The molecule has 0 radical (unpaired) electrons. The lowest BCUT2D eigenvalue weighted by Gasteiger charge is -2.21. The fourth-order valence-electron chi connectivity index (χ4n) is 0.969. The zero-order valence-electron chi connectivity index (χ0n) is 7.96. The minimum atomic E-state index is -5.12. The maximum Gasteiger partial charge on any atom is 0.506 e. The Kier molecular flexibility index (Phi) is 3.68. The Bertz CT molecular complexity index is 392. The fourth-order valence-corrected chi connectivity index (χ4v) is 1.60. The van der Waals surface area contributed by atoms with Gasteiger partial charge in [-0.1, -0.05) is 0 Å². The molecule has 98 valence electrons. The summed E-state index contributed by atoms with van der Waals surface area (Å²) in [6.45, 7) is 0. The fraction of sp³-hybridized carbons (Fsp3) is 0.667. The third-order valence-electron chi connectivity index (χ3n) is 1.85. The van der Waals surface area contributed by atoms with Crippen LogP contribution >= 0.6 is 0 Å². The second-order valence-corrected chi connectivity index (χ2v) is 4.23. The molecule has 0 spiro atoms. The lowest BCUT2D eigenvalue weighted by molar-refractivity contribution is -0.164. The van der Waals surface area contributed by atoms with Gasteiger partial charge in [0.15, 0.2) is 12.2 Å². The van der Waals surface area contributed by atoms with E-state index in [9.17, 15) is 18.0 Å². The summed E-state index contributed by atoms with van der Waals surface area (Å²) in [4.78, 5) is 21.8. The molecule has 1 fully saturated rings. The van der Waals surface area contributed by atoms with E-state index in [1.54, 1.807) is 0 Å². The van der Waals surface area contributed by atoms with Gasteiger partial charge in [0.25, 0.3) is 0 Å². The smallest absolute Gasteiger partial charge is 0.387 e. The maximum absolute atomic E-state index is 10.9. The predicted octanol–water partition coefficient (Wildman–Crippen LogP) is -4.23. The van der Waals surface area contributed by atoms with Gasteiger partial charge in [-0.25, -0.2) is 9.59 Å². The summed E-state index contributed by atoms with van der Waals surface area (Å²) in [5.74, 6) is -3.73. The van der Waals surface area contributed by atoms with Crippen molar-refractivity contribution in [2.24, 2.45) is 0 Å². The molecule has 0 aromatic heterocycles. The average Bonchev–Trinajstić information content (AvgIpc) is 2.23. The van der Waals surface area contributed by atoms with E-state index in [1.165, 1.54) is 0 Å². The molecule has 0 bridgehead atoms. The number of aliphatic hydroxyl groups is 4. The van der Waals surface area contributed by atoms with Gasteiger partial charge in [0.05, 0.1) is 0 Å². The lowest BCUT2D eigenvalue weighted by atomic mass is 10.0. The summed E-state index contributed by atoms with van der Waals surface area (Å²) in [5.41, 5.74) is 0. The van der Waals surface area contributed by atoms with Crippen LogP contribution in [0.5, 0.6) is 0 Å². The van der Waals surface area contributed by atoms with Crippen molar-refractivity contribution >= 4 is 22.3 Å². The number of aliphatic hydroxyl groups excluding tert-OH is 4. The molecule has 1 aliphatic rings. The monoisotopic (exact) mass is 272 g/mol. The Hall–Kier alpha value is -1.27. The molecule has 4 N–H and O–H groups in total. The van der Waals surface area contributed by atoms with Crippen molar-refractivity contribution in [3.8, 4) is 0 Å². The van der Waals surface area contributed by atoms with Crippen LogP contribution in [0, 0.1) is 0 Å². The van der Waals surface area contributed by atoms with Crippen LogP contribution in [0.4, 0.5) is 0 Å². The molecular formula is C6H8O10S. The van der Waals surface area contributed by atoms with Gasteiger partial charge in [0, 0.05) is 0 Å². The highest BCUT2D eigenvalue weighted by molar-refractivity contribution is 7.82. The van der Waals surface area contributed by atoms with Crippen molar-refractivity contribution in [3.05, 3.63) is 0 Å². The summed E-state index contributed by atoms with van der Waals surface area (Å²) in [7, 11) is -5.12. The first-order valence-electron chi connectivity index (χ1n) is 4.09. The molecule has 1 saturated heterocycles. The second-order valence-electron chi connectivity index (χ2n) is 3.08. The van der Waals surface area contributed by atoms with Gasteiger partial charge >= 0.3 is 22.3 Å². The predicted molar refractivity (Wildman–Crippen MR) is 45.1 cm³/mol. The van der Waals surface area contributed by atoms with Crippen LogP contribution < -0.4 is 0 Å². The van der Waals surface area contributed by atoms with E-state index >= 15 is 0 Å². The van der Waals surface area contributed by atoms with Gasteiger partial charge in [0.1, 0.15) is 12.2 Å². The highest BCUT2D eigenvalue weighted by atomic mass is 32.3. The molecule has 10 nitrogen and oxygen atoms in total. The lowest BCUT2D eigenvalue weighted by Crippen LogP contribution is -2.49. The molecule has 0 aromatic rings. The van der Waals surface area contributed by atoms with Crippen molar-refractivity contribution in [1.82, 2.24) is 0 Å². The summed E-state index contributed by atoms with van der Waals surface area (Å²) < 4.78 is 28.8. The first-order chi connectivity index (χ1) is 7.65. The Balaban J connectivity index is 3.14. The zero-order valence-corrected chi connectivity index (χ0v) is 8.77. The average molecular weight is 272 g/mol. The van der Waals surface area contributed by atoms with E-state index < -0.39 is 46.8 Å². The van der Waals surface area contributed by atoms with E-state index in [-0.39, 0.29) is 0 Å². The zero-order chi connectivity index (χ0) is 13.4. The third-order valence-corrected chi connectivity index (χ3v) is 2.59. The molecule has 0 aromatic carbocycles. The molecular weight excluding hydrogens is 264 g/mol. The van der Waals surface area contributed by atoms with Crippen LogP contribution in [0.25, 0.3) is 0 Å². The maximum atomic E-state index is 10.9. The number of hydrogen-bond donors (Lipinski definition) is 4. The van der Waals surface area contributed by atoms with E-state index in [0.717, 1.165) is 0 Å². The van der Waals surface area contributed by atoms with Crippen LogP contribution in [0.15, 0.2) is 0 Å². The molecule has 17 heavy (non-hydrogen) atoms. The Morgan fingerprint density at radius 3 is 1.41 bits per heavy atom.